The number of hydrogen-bond acceptors (Lipinski definition) is 5. The van der Waals surface area contributed by atoms with Crippen LogP contribution < -0.4 is 11.1 Å². The normalized spacial score (nSPS) is 10.1. The molecule has 0 aliphatic rings. The van der Waals surface area contributed by atoms with Crippen molar-refractivity contribution in [3.05, 3.63) is 16.0 Å². The van der Waals surface area contributed by atoms with E-state index in [9.17, 15) is 4.79 Å². The maximum atomic E-state index is 11.7. The van der Waals surface area contributed by atoms with E-state index >= 15 is 0 Å². The van der Waals surface area contributed by atoms with Crippen molar-refractivity contribution < 1.29 is 4.79 Å². The van der Waals surface area contributed by atoms with Crippen molar-refractivity contribution in [2.45, 2.75) is 20.3 Å². The highest BCUT2D eigenvalue weighted by atomic mass is 32.2. The molecule has 0 aliphatic heterocycles. The molecule has 1 aromatic rings. The van der Waals surface area contributed by atoms with Crippen molar-refractivity contribution in [1.29, 1.82) is 5.26 Å². The van der Waals surface area contributed by atoms with Gasteiger partial charge in [0.25, 0.3) is 0 Å². The van der Waals surface area contributed by atoms with Gasteiger partial charge in [0, 0.05) is 4.88 Å². The lowest BCUT2D eigenvalue weighted by molar-refractivity contribution is -0.113. The summed E-state index contributed by atoms with van der Waals surface area (Å²) in [5.41, 5.74) is 6.91. The van der Waals surface area contributed by atoms with Gasteiger partial charge >= 0.3 is 0 Å². The van der Waals surface area contributed by atoms with Crippen LogP contribution in [0, 0.1) is 25.2 Å². The van der Waals surface area contributed by atoms with Crippen molar-refractivity contribution in [2.24, 2.45) is 5.73 Å². The van der Waals surface area contributed by atoms with Crippen molar-refractivity contribution in [2.75, 3.05) is 23.4 Å². The maximum absolute atomic E-state index is 11.7. The number of carbonyl (C=O) groups excluding carboxylic acids is 1. The van der Waals surface area contributed by atoms with Crippen molar-refractivity contribution >= 4 is 34.0 Å². The molecule has 0 aromatic carbocycles. The molecule has 0 bridgehead atoms. The van der Waals surface area contributed by atoms with Crippen molar-refractivity contribution in [1.82, 2.24) is 0 Å². The highest BCUT2D eigenvalue weighted by Crippen LogP contribution is 2.31. The molecule has 0 spiro atoms. The van der Waals surface area contributed by atoms with E-state index in [-0.39, 0.29) is 5.91 Å². The lowest BCUT2D eigenvalue weighted by Gasteiger charge is -2.03. The fraction of sp³-hybridized carbons (Fsp3) is 0.500. The predicted octanol–water partition coefficient (Wildman–Crippen LogP) is 2.26. The Kier molecular flexibility index (Phi) is 6.19. The summed E-state index contributed by atoms with van der Waals surface area (Å²) in [5, 5.41) is 12.5. The molecule has 4 nitrogen and oxygen atoms in total. The molecule has 98 valence electrons. The second-order valence-electron chi connectivity index (χ2n) is 3.84. The third-order valence-corrected chi connectivity index (χ3v) is 4.64. The van der Waals surface area contributed by atoms with E-state index in [1.54, 1.807) is 11.8 Å². The first-order valence-corrected chi connectivity index (χ1v) is 7.65. The first-order valence-electron chi connectivity index (χ1n) is 5.68. The average Bonchev–Trinajstić information content (AvgIpc) is 2.60. The number of thiophene rings is 1. The van der Waals surface area contributed by atoms with Gasteiger partial charge in [0.05, 0.1) is 11.3 Å². The standard InChI is InChI=1S/C12H17N3OS2/c1-8-9(2)18-12(10(8)6-14)15-11(16)7-17-5-3-4-13/h3-5,7,13H2,1-2H3,(H,15,16). The van der Waals surface area contributed by atoms with Gasteiger partial charge in [-0.2, -0.15) is 17.0 Å². The van der Waals surface area contributed by atoms with Gasteiger partial charge in [0.2, 0.25) is 5.91 Å². The summed E-state index contributed by atoms with van der Waals surface area (Å²) in [5.74, 6) is 1.23. The summed E-state index contributed by atoms with van der Waals surface area (Å²) < 4.78 is 0. The van der Waals surface area contributed by atoms with Crippen LogP contribution in [0.2, 0.25) is 0 Å². The minimum absolute atomic E-state index is 0.0604. The molecule has 0 unspecified atom stereocenters. The third kappa shape index (κ3) is 4.02. The average molecular weight is 283 g/mol. The zero-order valence-electron chi connectivity index (χ0n) is 10.6. The van der Waals surface area contributed by atoms with Crippen LogP contribution in [-0.2, 0) is 4.79 Å². The highest BCUT2D eigenvalue weighted by Gasteiger charge is 2.14. The number of nitrogens with zero attached hydrogens (tertiary/aromatic N) is 1. The first-order chi connectivity index (χ1) is 8.60. The fourth-order valence-corrected chi connectivity index (χ4v) is 3.16. The minimum Gasteiger partial charge on any atom is -0.330 e. The fourth-order valence-electron chi connectivity index (χ4n) is 1.36. The summed E-state index contributed by atoms with van der Waals surface area (Å²) in [7, 11) is 0. The zero-order chi connectivity index (χ0) is 13.5. The van der Waals surface area contributed by atoms with Crippen molar-refractivity contribution in [3.63, 3.8) is 0 Å². The number of nitriles is 1. The Bertz CT molecular complexity index is 463. The van der Waals surface area contributed by atoms with Crippen LogP contribution >= 0.6 is 23.1 Å². The van der Waals surface area contributed by atoms with Crippen LogP contribution in [0.5, 0.6) is 0 Å². The monoisotopic (exact) mass is 283 g/mol. The van der Waals surface area contributed by atoms with Crippen LogP contribution in [0.15, 0.2) is 0 Å². The second-order valence-corrected chi connectivity index (χ2v) is 6.17. The number of rotatable bonds is 6. The Hall–Kier alpha value is -1.03. The number of amides is 1. The van der Waals surface area contributed by atoms with E-state index in [0.29, 0.717) is 22.9 Å². The molecule has 0 atom stereocenters. The second kappa shape index (κ2) is 7.41. The lowest BCUT2D eigenvalue weighted by atomic mass is 10.2. The van der Waals surface area contributed by atoms with Crippen LogP contribution in [0.25, 0.3) is 0 Å². The molecule has 1 heterocycles. The van der Waals surface area contributed by atoms with Gasteiger partial charge in [-0.15, -0.1) is 11.3 Å². The molecule has 1 amide bonds. The number of nitrogens with one attached hydrogen (secondary N) is 1. The van der Waals surface area contributed by atoms with Crippen LogP contribution in [0.3, 0.4) is 0 Å². The Labute approximate surface area is 116 Å². The van der Waals surface area contributed by atoms with Crippen LogP contribution in [0.4, 0.5) is 5.00 Å². The molecular weight excluding hydrogens is 266 g/mol. The Morgan fingerprint density at radius 2 is 2.28 bits per heavy atom. The van der Waals surface area contributed by atoms with E-state index in [1.807, 2.05) is 13.8 Å². The van der Waals surface area contributed by atoms with E-state index in [1.165, 1.54) is 11.3 Å². The van der Waals surface area contributed by atoms with Gasteiger partial charge < -0.3 is 11.1 Å². The molecule has 0 radical (unpaired) electrons. The van der Waals surface area contributed by atoms with Crippen molar-refractivity contribution in [3.8, 4) is 6.07 Å². The number of carbonyl (C=O) groups is 1. The molecule has 18 heavy (non-hydrogen) atoms. The maximum Gasteiger partial charge on any atom is 0.235 e. The quantitative estimate of drug-likeness (QED) is 0.785. The highest BCUT2D eigenvalue weighted by molar-refractivity contribution is 7.99. The molecule has 1 rings (SSSR count). The summed E-state index contributed by atoms with van der Waals surface area (Å²) in [4.78, 5) is 12.8. The van der Waals surface area contributed by atoms with Gasteiger partial charge in [0.1, 0.15) is 11.1 Å². The largest absolute Gasteiger partial charge is 0.330 e. The number of thioether (sulfide) groups is 1. The van der Waals surface area contributed by atoms with E-state index < -0.39 is 0 Å². The van der Waals surface area contributed by atoms with Gasteiger partial charge in [-0.3, -0.25) is 4.79 Å². The number of hydrogen-bond donors (Lipinski definition) is 2. The molecule has 0 fully saturated rings. The van der Waals surface area contributed by atoms with Gasteiger partial charge in [-0.05, 0) is 38.1 Å². The van der Waals surface area contributed by atoms with Crippen LogP contribution in [0.1, 0.15) is 22.4 Å². The van der Waals surface area contributed by atoms with E-state index in [2.05, 4.69) is 11.4 Å². The SMILES string of the molecule is Cc1sc(NC(=O)CSCCCN)c(C#N)c1C. The third-order valence-electron chi connectivity index (χ3n) is 2.48. The topological polar surface area (TPSA) is 78.9 Å². The number of anilines is 1. The Balaban J connectivity index is 2.55. The summed E-state index contributed by atoms with van der Waals surface area (Å²) in [6.07, 6.45) is 0.915. The van der Waals surface area contributed by atoms with E-state index in [4.69, 9.17) is 11.0 Å². The van der Waals surface area contributed by atoms with Crippen LogP contribution in [-0.4, -0.2) is 24.0 Å². The van der Waals surface area contributed by atoms with Gasteiger partial charge in [-0.1, -0.05) is 0 Å². The molecule has 3 N–H and O–H groups in total. The minimum atomic E-state index is -0.0604. The summed E-state index contributed by atoms with van der Waals surface area (Å²) in [6.45, 7) is 4.50. The molecule has 0 aliphatic carbocycles. The molecule has 0 saturated carbocycles. The number of aryl methyl sites for hydroxylation is 1. The molecular formula is C12H17N3OS2. The Morgan fingerprint density at radius 1 is 1.56 bits per heavy atom. The smallest absolute Gasteiger partial charge is 0.235 e. The number of nitrogens with two attached hydrogens (primary N) is 1. The predicted molar refractivity (Wildman–Crippen MR) is 78.1 cm³/mol. The van der Waals surface area contributed by atoms with Gasteiger partial charge in [0.15, 0.2) is 0 Å². The molecule has 6 heteroatoms. The first kappa shape index (κ1) is 15.0. The lowest BCUT2D eigenvalue weighted by Crippen LogP contribution is -2.14. The Morgan fingerprint density at radius 3 is 2.89 bits per heavy atom. The molecule has 1 aromatic heterocycles. The molecule has 0 saturated heterocycles. The zero-order valence-corrected chi connectivity index (χ0v) is 12.2. The van der Waals surface area contributed by atoms with Gasteiger partial charge in [-0.25, -0.2) is 0 Å². The summed E-state index contributed by atoms with van der Waals surface area (Å²) >= 11 is 3.01. The van der Waals surface area contributed by atoms with E-state index in [0.717, 1.165) is 22.6 Å². The summed E-state index contributed by atoms with van der Waals surface area (Å²) in [6, 6.07) is 2.14.